The molecule has 0 spiro atoms. The molecule has 11 aromatic rings. The molecule has 0 aliphatic heterocycles. The Morgan fingerprint density at radius 1 is 0.346 bits per heavy atom. The Morgan fingerprint density at radius 3 is 1.48 bits per heavy atom. The quantitative estimate of drug-likeness (QED) is 0.176. The van der Waals surface area contributed by atoms with Crippen LogP contribution in [0.25, 0.3) is 99.8 Å². The fourth-order valence-electron chi connectivity index (χ4n) is 8.01. The first-order chi connectivity index (χ1) is 25.8. The van der Waals surface area contributed by atoms with Gasteiger partial charge >= 0.3 is 0 Å². The SMILES string of the molecule is c1ccc(-c2nc(-c3ccccc3)nc(-c3ccc(-n4c5ccccc5c5c4ccc4cc6c7ccccc7c7ccccc7n6c45)cc3)n2)cc1. The smallest absolute Gasteiger partial charge is 0.164 e. The van der Waals surface area contributed by atoms with Crippen molar-refractivity contribution in [2.75, 3.05) is 0 Å². The molecule has 4 aromatic heterocycles. The van der Waals surface area contributed by atoms with Crippen molar-refractivity contribution in [2.24, 2.45) is 0 Å². The Balaban J connectivity index is 1.13. The Morgan fingerprint density at radius 2 is 0.846 bits per heavy atom. The summed E-state index contributed by atoms with van der Waals surface area (Å²) < 4.78 is 4.86. The van der Waals surface area contributed by atoms with Gasteiger partial charge in [-0.1, -0.05) is 127 Å². The molecule has 5 heteroatoms. The molecule has 4 heterocycles. The van der Waals surface area contributed by atoms with Crippen LogP contribution in [-0.4, -0.2) is 23.9 Å². The van der Waals surface area contributed by atoms with E-state index in [9.17, 15) is 0 Å². The Kier molecular flexibility index (Phi) is 6.18. The van der Waals surface area contributed by atoms with Gasteiger partial charge in [-0.2, -0.15) is 0 Å². The Hall–Kier alpha value is -7.11. The van der Waals surface area contributed by atoms with E-state index < -0.39 is 0 Å². The standard InChI is InChI=1S/C47H29N5/c1-3-13-30(14-4-1)45-48-46(31-15-5-2-6-16-31)50-47(49-45)32-23-26-34(27-24-32)51-40-22-12-10-20-38(40)43-41(51)28-25-33-29-42-37-19-8-7-17-35(37)36-18-9-11-21-39(36)52(42)44(33)43/h1-29H. The number of benzene rings is 7. The first kappa shape index (κ1) is 28.7. The predicted octanol–water partition coefficient (Wildman–Crippen LogP) is 11.7. The third-order valence-corrected chi connectivity index (χ3v) is 10.3. The van der Waals surface area contributed by atoms with E-state index >= 15 is 0 Å². The molecule has 0 unspecified atom stereocenters. The first-order valence-electron chi connectivity index (χ1n) is 17.5. The van der Waals surface area contributed by atoms with E-state index in [4.69, 9.17) is 15.0 Å². The summed E-state index contributed by atoms with van der Waals surface area (Å²) in [5.41, 5.74) is 9.90. The zero-order valence-corrected chi connectivity index (χ0v) is 28.0. The van der Waals surface area contributed by atoms with Crippen LogP contribution in [0.5, 0.6) is 0 Å². The van der Waals surface area contributed by atoms with Crippen molar-refractivity contribution in [3.8, 4) is 39.9 Å². The van der Waals surface area contributed by atoms with Crippen molar-refractivity contribution in [1.82, 2.24) is 23.9 Å². The van der Waals surface area contributed by atoms with Crippen LogP contribution >= 0.6 is 0 Å². The third kappa shape index (κ3) is 4.26. The molecule has 0 atom stereocenters. The Bertz CT molecular complexity index is 3100. The monoisotopic (exact) mass is 663 g/mol. The molecule has 242 valence electrons. The van der Waals surface area contributed by atoms with E-state index in [1.165, 1.54) is 48.9 Å². The summed E-state index contributed by atoms with van der Waals surface area (Å²) in [5, 5.41) is 7.48. The molecule has 0 amide bonds. The summed E-state index contributed by atoms with van der Waals surface area (Å²) in [7, 11) is 0. The number of nitrogens with zero attached hydrogens (tertiary/aromatic N) is 5. The van der Waals surface area contributed by atoms with Crippen molar-refractivity contribution < 1.29 is 0 Å². The van der Waals surface area contributed by atoms with Gasteiger partial charge in [-0.3, -0.25) is 0 Å². The largest absolute Gasteiger partial charge is 0.309 e. The van der Waals surface area contributed by atoms with E-state index in [0.29, 0.717) is 17.5 Å². The van der Waals surface area contributed by atoms with Crippen LogP contribution < -0.4 is 0 Å². The van der Waals surface area contributed by atoms with Crippen LogP contribution in [0.4, 0.5) is 0 Å². The predicted molar refractivity (Wildman–Crippen MR) is 214 cm³/mol. The van der Waals surface area contributed by atoms with E-state index in [-0.39, 0.29) is 0 Å². The molecule has 0 saturated carbocycles. The number of pyridine rings is 1. The molecule has 0 aliphatic rings. The lowest BCUT2D eigenvalue weighted by molar-refractivity contribution is 1.07. The third-order valence-electron chi connectivity index (χ3n) is 10.3. The summed E-state index contributed by atoms with van der Waals surface area (Å²) in [6, 6.07) is 62.0. The minimum atomic E-state index is 0.641. The van der Waals surface area contributed by atoms with E-state index in [1.54, 1.807) is 0 Å². The fraction of sp³-hybridized carbons (Fsp3) is 0. The lowest BCUT2D eigenvalue weighted by atomic mass is 10.1. The van der Waals surface area contributed by atoms with Crippen molar-refractivity contribution >= 4 is 59.9 Å². The van der Waals surface area contributed by atoms with Crippen LogP contribution in [0, 0.1) is 0 Å². The van der Waals surface area contributed by atoms with Gasteiger partial charge in [0.05, 0.1) is 27.6 Å². The van der Waals surface area contributed by atoms with E-state index in [0.717, 1.165) is 33.4 Å². The van der Waals surface area contributed by atoms with Crippen LogP contribution in [0.15, 0.2) is 176 Å². The molecule has 7 aromatic carbocycles. The molecule has 0 N–H and O–H groups in total. The average molecular weight is 664 g/mol. The summed E-state index contributed by atoms with van der Waals surface area (Å²) in [6.07, 6.45) is 0. The van der Waals surface area contributed by atoms with Gasteiger partial charge in [0, 0.05) is 49.3 Å². The second kappa shape index (κ2) is 11.2. The van der Waals surface area contributed by atoms with Gasteiger partial charge < -0.3 is 8.97 Å². The lowest BCUT2D eigenvalue weighted by Crippen LogP contribution is -2.00. The molecule has 0 bridgehead atoms. The van der Waals surface area contributed by atoms with Gasteiger partial charge in [0.2, 0.25) is 0 Å². The van der Waals surface area contributed by atoms with Crippen molar-refractivity contribution in [3.05, 3.63) is 176 Å². The van der Waals surface area contributed by atoms with Crippen LogP contribution in [0.2, 0.25) is 0 Å². The zero-order valence-electron chi connectivity index (χ0n) is 28.0. The average Bonchev–Trinajstić information content (AvgIpc) is 3.78. The molecule has 5 nitrogen and oxygen atoms in total. The summed E-state index contributed by atoms with van der Waals surface area (Å²) >= 11 is 0. The van der Waals surface area contributed by atoms with Gasteiger partial charge in [0.1, 0.15) is 0 Å². The van der Waals surface area contributed by atoms with Crippen molar-refractivity contribution in [2.45, 2.75) is 0 Å². The van der Waals surface area contributed by atoms with Crippen LogP contribution in [0.3, 0.4) is 0 Å². The van der Waals surface area contributed by atoms with E-state index in [2.05, 4.69) is 124 Å². The lowest BCUT2D eigenvalue weighted by Gasteiger charge is -2.11. The number of aromatic nitrogens is 5. The molecule has 0 saturated heterocycles. The number of hydrogen-bond acceptors (Lipinski definition) is 3. The van der Waals surface area contributed by atoms with Crippen LogP contribution in [0.1, 0.15) is 0 Å². The number of fused-ring (bicyclic) bond motifs is 12. The maximum Gasteiger partial charge on any atom is 0.164 e. The molecular weight excluding hydrogens is 635 g/mol. The van der Waals surface area contributed by atoms with Gasteiger partial charge in [0.25, 0.3) is 0 Å². The molecule has 0 aliphatic carbocycles. The normalized spacial score (nSPS) is 11.8. The minimum Gasteiger partial charge on any atom is -0.309 e. The topological polar surface area (TPSA) is 48.0 Å². The highest BCUT2D eigenvalue weighted by molar-refractivity contribution is 6.24. The highest BCUT2D eigenvalue weighted by Crippen LogP contribution is 2.41. The summed E-state index contributed by atoms with van der Waals surface area (Å²) in [5.74, 6) is 1.95. The molecule has 11 rings (SSSR count). The summed E-state index contributed by atoms with van der Waals surface area (Å²) in [4.78, 5) is 14.8. The highest BCUT2D eigenvalue weighted by Gasteiger charge is 2.20. The van der Waals surface area contributed by atoms with Gasteiger partial charge in [-0.05, 0) is 53.9 Å². The van der Waals surface area contributed by atoms with Crippen LogP contribution in [-0.2, 0) is 0 Å². The van der Waals surface area contributed by atoms with Crippen molar-refractivity contribution in [3.63, 3.8) is 0 Å². The Labute approximate surface area is 298 Å². The maximum atomic E-state index is 4.96. The van der Waals surface area contributed by atoms with Crippen molar-refractivity contribution in [1.29, 1.82) is 0 Å². The second-order valence-corrected chi connectivity index (χ2v) is 13.3. The molecule has 0 fully saturated rings. The number of rotatable bonds is 4. The van der Waals surface area contributed by atoms with E-state index in [1.807, 2.05) is 60.7 Å². The van der Waals surface area contributed by atoms with Gasteiger partial charge in [-0.25, -0.2) is 15.0 Å². The summed E-state index contributed by atoms with van der Waals surface area (Å²) in [6.45, 7) is 0. The second-order valence-electron chi connectivity index (χ2n) is 13.3. The van der Waals surface area contributed by atoms with Gasteiger partial charge in [0.15, 0.2) is 17.5 Å². The highest BCUT2D eigenvalue weighted by atomic mass is 15.0. The first-order valence-corrected chi connectivity index (χ1v) is 17.5. The molecule has 52 heavy (non-hydrogen) atoms. The number of para-hydroxylation sites is 2. The number of hydrogen-bond donors (Lipinski definition) is 0. The maximum absolute atomic E-state index is 4.96. The minimum absolute atomic E-state index is 0.641. The molecular formula is C47H29N5. The molecule has 0 radical (unpaired) electrons. The van der Waals surface area contributed by atoms with Gasteiger partial charge in [-0.15, -0.1) is 0 Å². The zero-order chi connectivity index (χ0) is 34.2. The fourth-order valence-corrected chi connectivity index (χ4v) is 8.01.